The van der Waals surface area contributed by atoms with Gasteiger partial charge >= 0.3 is 6.18 Å². The maximum atomic E-state index is 13.5. The minimum Gasteiger partial charge on any atom is -0.336 e. The maximum absolute atomic E-state index is 13.5. The molecule has 3 aliphatic carbocycles. The Hall–Kier alpha value is -1.83. The number of nitrogens with zero attached hydrogens (tertiary/aromatic N) is 2. The van der Waals surface area contributed by atoms with E-state index in [4.69, 9.17) is 5.26 Å². The molecule has 1 heterocycles. The molecule has 3 saturated carbocycles. The van der Waals surface area contributed by atoms with Crippen LogP contribution in [0.2, 0.25) is 0 Å². The molecule has 11 heteroatoms. The summed E-state index contributed by atoms with van der Waals surface area (Å²) < 4.78 is 65.8. The fraction of sp³-hybridized carbons (Fsp3) is 0.833. The fourth-order valence-electron chi connectivity index (χ4n) is 4.01. The van der Waals surface area contributed by atoms with E-state index in [0.29, 0.717) is 12.8 Å². The summed E-state index contributed by atoms with van der Waals surface area (Å²) in [6.45, 7) is -0.413. The van der Waals surface area contributed by atoms with Crippen molar-refractivity contribution in [2.45, 2.75) is 68.0 Å². The third kappa shape index (κ3) is 3.60. The molecule has 2 amide bonds. The first-order valence-electron chi connectivity index (χ1n) is 9.76. The van der Waals surface area contributed by atoms with Crippen molar-refractivity contribution in [2.24, 2.45) is 11.3 Å². The molecule has 1 aliphatic heterocycles. The van der Waals surface area contributed by atoms with E-state index in [1.807, 2.05) is 6.07 Å². The van der Waals surface area contributed by atoms with Gasteiger partial charge in [0.1, 0.15) is 17.0 Å². The van der Waals surface area contributed by atoms with E-state index in [1.165, 1.54) is 0 Å². The Balaban J connectivity index is 1.58. The molecule has 1 N–H and O–H groups in total. The summed E-state index contributed by atoms with van der Waals surface area (Å²) in [6.07, 6.45) is -3.27. The van der Waals surface area contributed by atoms with Crippen molar-refractivity contribution < 1.29 is 31.2 Å². The molecule has 0 unspecified atom stereocenters. The number of halogens is 3. The van der Waals surface area contributed by atoms with Gasteiger partial charge in [0, 0.05) is 6.54 Å². The van der Waals surface area contributed by atoms with E-state index < -0.39 is 56.6 Å². The normalized spacial score (nSPS) is 29.8. The number of carbonyl (C=O) groups excluding carboxylic acids is 2. The van der Waals surface area contributed by atoms with Crippen LogP contribution in [0.4, 0.5) is 13.2 Å². The maximum Gasteiger partial charge on any atom is 0.403 e. The summed E-state index contributed by atoms with van der Waals surface area (Å²) >= 11 is 0. The summed E-state index contributed by atoms with van der Waals surface area (Å²) in [6, 6.07) is 0.647. The van der Waals surface area contributed by atoms with E-state index in [2.05, 4.69) is 5.32 Å². The average molecular weight is 433 g/mol. The average Bonchev–Trinajstić information content (AvgIpc) is 3.49. The van der Waals surface area contributed by atoms with Crippen LogP contribution in [-0.4, -0.2) is 60.4 Å². The molecule has 2 atom stereocenters. The van der Waals surface area contributed by atoms with E-state index in [9.17, 15) is 31.2 Å². The van der Waals surface area contributed by atoms with Crippen molar-refractivity contribution in [1.29, 1.82) is 5.26 Å². The van der Waals surface area contributed by atoms with Crippen molar-refractivity contribution in [1.82, 2.24) is 10.2 Å². The largest absolute Gasteiger partial charge is 0.403 e. The minimum atomic E-state index is -4.75. The summed E-state index contributed by atoms with van der Waals surface area (Å²) in [5.41, 5.74) is -3.58. The third-order valence-electron chi connectivity index (χ3n) is 6.53. The summed E-state index contributed by atoms with van der Waals surface area (Å²) in [4.78, 5) is 26.4. The predicted octanol–water partition coefficient (Wildman–Crippen LogP) is 1.30. The molecular formula is C18H22F3N3O4S. The van der Waals surface area contributed by atoms with E-state index in [-0.39, 0.29) is 30.9 Å². The molecule has 0 aromatic carbocycles. The minimum absolute atomic E-state index is 0.0512. The van der Waals surface area contributed by atoms with Crippen LogP contribution in [-0.2, 0) is 19.4 Å². The lowest BCUT2D eigenvalue weighted by Crippen LogP contribution is -2.53. The van der Waals surface area contributed by atoms with Crippen molar-refractivity contribution in [3.8, 4) is 6.07 Å². The molecular weight excluding hydrogens is 411 g/mol. The first-order valence-corrected chi connectivity index (χ1v) is 11.5. The van der Waals surface area contributed by atoms with Crippen LogP contribution >= 0.6 is 0 Å². The van der Waals surface area contributed by atoms with Crippen LogP contribution < -0.4 is 5.32 Å². The monoisotopic (exact) mass is 433 g/mol. The molecule has 29 heavy (non-hydrogen) atoms. The highest BCUT2D eigenvalue weighted by molar-refractivity contribution is 7.92. The Kier molecular flexibility index (Phi) is 4.46. The molecule has 4 rings (SSSR count). The lowest BCUT2D eigenvalue weighted by molar-refractivity contribution is -0.199. The number of nitriles is 1. The van der Waals surface area contributed by atoms with Crippen LogP contribution in [0.1, 0.15) is 44.9 Å². The number of hydrogen-bond donors (Lipinski definition) is 1. The van der Waals surface area contributed by atoms with Gasteiger partial charge in [0.15, 0.2) is 9.84 Å². The second-order valence-electron chi connectivity index (χ2n) is 8.87. The van der Waals surface area contributed by atoms with E-state index >= 15 is 0 Å². The van der Waals surface area contributed by atoms with Crippen LogP contribution in [0.15, 0.2) is 0 Å². The zero-order valence-corrected chi connectivity index (χ0v) is 16.5. The molecule has 1 saturated heterocycles. The van der Waals surface area contributed by atoms with Crippen molar-refractivity contribution in [3.63, 3.8) is 0 Å². The SMILES string of the molecule is N#CC1(NC(=O)[C@@H]2C[C@@H](S(=O)(=O)CC3CC3)CN2C(=O)C2(C(F)(F)F)CC2)CC1. The summed E-state index contributed by atoms with van der Waals surface area (Å²) in [5, 5.41) is 10.6. The number of alkyl halides is 3. The lowest BCUT2D eigenvalue weighted by Gasteiger charge is -2.29. The number of rotatable bonds is 6. The van der Waals surface area contributed by atoms with E-state index in [1.54, 1.807) is 0 Å². The van der Waals surface area contributed by atoms with Gasteiger partial charge in [-0.1, -0.05) is 0 Å². The van der Waals surface area contributed by atoms with Crippen molar-refractivity contribution >= 4 is 21.7 Å². The zero-order chi connectivity index (χ0) is 21.2. The molecule has 0 aromatic heterocycles. The molecule has 160 valence electrons. The van der Waals surface area contributed by atoms with Gasteiger partial charge in [0.2, 0.25) is 11.8 Å². The van der Waals surface area contributed by atoms with Gasteiger partial charge in [0.05, 0.1) is 17.1 Å². The van der Waals surface area contributed by atoms with Crippen LogP contribution in [0.25, 0.3) is 0 Å². The summed E-state index contributed by atoms with van der Waals surface area (Å²) in [5.74, 6) is -1.99. The molecule has 0 spiro atoms. The molecule has 0 bridgehead atoms. The van der Waals surface area contributed by atoms with Crippen LogP contribution in [0, 0.1) is 22.7 Å². The van der Waals surface area contributed by atoms with Gasteiger partial charge in [0.25, 0.3) is 0 Å². The van der Waals surface area contributed by atoms with Gasteiger partial charge in [-0.15, -0.1) is 0 Å². The molecule has 4 fully saturated rings. The molecule has 7 nitrogen and oxygen atoms in total. The van der Waals surface area contributed by atoms with Crippen molar-refractivity contribution in [2.75, 3.05) is 12.3 Å². The van der Waals surface area contributed by atoms with Gasteiger partial charge in [-0.25, -0.2) is 8.42 Å². The van der Waals surface area contributed by atoms with Gasteiger partial charge < -0.3 is 10.2 Å². The second-order valence-corrected chi connectivity index (χ2v) is 11.2. The predicted molar refractivity (Wildman–Crippen MR) is 93.9 cm³/mol. The second kappa shape index (κ2) is 6.33. The van der Waals surface area contributed by atoms with Gasteiger partial charge in [-0.05, 0) is 50.9 Å². The number of amides is 2. The molecule has 4 aliphatic rings. The quantitative estimate of drug-likeness (QED) is 0.679. The Bertz CT molecular complexity index is 883. The third-order valence-corrected chi connectivity index (χ3v) is 8.82. The molecule has 0 radical (unpaired) electrons. The Morgan fingerprint density at radius 1 is 1.17 bits per heavy atom. The molecule has 0 aromatic rings. The number of nitrogens with one attached hydrogen (secondary N) is 1. The smallest absolute Gasteiger partial charge is 0.336 e. The standard InChI is InChI=1S/C18H22F3N3O4S/c19-18(20,21)17(5-6-17)15(26)24-8-12(29(27,28)9-11-1-2-11)7-13(24)14(25)23-16(10-22)3-4-16/h11-13H,1-9H2,(H,23,25)/t12-,13+/m1/s1. The lowest BCUT2D eigenvalue weighted by atomic mass is 10.0. The number of likely N-dealkylation sites (tertiary alicyclic amines) is 1. The first kappa shape index (κ1) is 20.4. The highest BCUT2D eigenvalue weighted by atomic mass is 32.2. The van der Waals surface area contributed by atoms with Gasteiger partial charge in [-0.2, -0.15) is 18.4 Å². The Morgan fingerprint density at radius 2 is 1.79 bits per heavy atom. The highest BCUT2D eigenvalue weighted by Crippen LogP contribution is 2.59. The fourth-order valence-corrected chi connectivity index (χ4v) is 6.13. The Morgan fingerprint density at radius 3 is 2.24 bits per heavy atom. The Labute approximate surface area is 166 Å². The van der Waals surface area contributed by atoms with Gasteiger partial charge in [-0.3, -0.25) is 9.59 Å². The number of carbonyl (C=O) groups is 2. The van der Waals surface area contributed by atoms with Crippen LogP contribution in [0.5, 0.6) is 0 Å². The zero-order valence-electron chi connectivity index (χ0n) is 15.7. The topological polar surface area (TPSA) is 107 Å². The highest BCUT2D eigenvalue weighted by Gasteiger charge is 2.70. The van der Waals surface area contributed by atoms with E-state index in [0.717, 1.165) is 17.7 Å². The number of sulfone groups is 1. The van der Waals surface area contributed by atoms with Crippen LogP contribution in [0.3, 0.4) is 0 Å². The first-order chi connectivity index (χ1) is 13.4. The number of hydrogen-bond acceptors (Lipinski definition) is 5. The summed E-state index contributed by atoms with van der Waals surface area (Å²) in [7, 11) is -3.64. The van der Waals surface area contributed by atoms with Crippen molar-refractivity contribution in [3.05, 3.63) is 0 Å².